The zero-order valence-corrected chi connectivity index (χ0v) is 19.0. The molecule has 1 N–H and O–H groups in total. The van der Waals surface area contributed by atoms with Gasteiger partial charge >= 0.3 is 17.9 Å². The second-order valence-electron chi connectivity index (χ2n) is 10.5. The van der Waals surface area contributed by atoms with Gasteiger partial charge in [-0.1, -0.05) is 13.5 Å². The number of allylic oxidation sites excluding steroid dienone is 1. The number of carbonyl (C=O) groups is 4. The van der Waals surface area contributed by atoms with E-state index in [9.17, 15) is 24.3 Å². The van der Waals surface area contributed by atoms with Crippen LogP contribution in [0.1, 0.15) is 52.9 Å². The molecule has 8 heteroatoms. The molecule has 4 rings (SSSR count). The first-order valence-corrected chi connectivity index (χ1v) is 11.3. The highest BCUT2D eigenvalue weighted by molar-refractivity contribution is 6.15. The Morgan fingerprint density at radius 1 is 1.16 bits per heavy atom. The zero-order valence-electron chi connectivity index (χ0n) is 19.0. The number of Topliss-reactive ketones (excluding diaryl/α,β-unsaturated/α-hetero) is 1. The summed E-state index contributed by atoms with van der Waals surface area (Å²) < 4.78 is 16.8. The molecule has 3 saturated carbocycles. The number of hydrogen-bond acceptors (Lipinski definition) is 8. The molecule has 0 aromatic carbocycles. The van der Waals surface area contributed by atoms with Gasteiger partial charge in [-0.2, -0.15) is 0 Å². The maximum absolute atomic E-state index is 13.4. The second-order valence-corrected chi connectivity index (χ2v) is 10.5. The first-order chi connectivity index (χ1) is 15.0. The van der Waals surface area contributed by atoms with Gasteiger partial charge in [0.25, 0.3) is 0 Å². The van der Waals surface area contributed by atoms with Crippen molar-refractivity contribution in [2.24, 2.45) is 34.0 Å². The monoisotopic (exact) mass is 448 g/mol. The van der Waals surface area contributed by atoms with Crippen LogP contribution in [-0.4, -0.2) is 54.7 Å². The summed E-state index contributed by atoms with van der Waals surface area (Å²) in [6.45, 7) is 8.35. The SMILES string of the molecule is C=C1C(=O)C23CC1CCC2C1(COC3=O)CC(OC(C)=O)CC(C)(CO)C1COC(C)=O. The van der Waals surface area contributed by atoms with Crippen molar-refractivity contribution in [1.82, 2.24) is 0 Å². The minimum absolute atomic E-state index is 0.0296. The Hall–Kier alpha value is -2.22. The first kappa shape index (κ1) is 23.0. The van der Waals surface area contributed by atoms with Crippen LogP contribution in [0, 0.1) is 34.0 Å². The summed E-state index contributed by atoms with van der Waals surface area (Å²) in [6, 6.07) is 0. The lowest BCUT2D eigenvalue weighted by Crippen LogP contribution is -2.66. The van der Waals surface area contributed by atoms with E-state index in [1.807, 2.05) is 6.92 Å². The summed E-state index contributed by atoms with van der Waals surface area (Å²) >= 11 is 0. The minimum atomic E-state index is -1.30. The van der Waals surface area contributed by atoms with Gasteiger partial charge < -0.3 is 19.3 Å². The van der Waals surface area contributed by atoms with Crippen molar-refractivity contribution < 1.29 is 38.5 Å². The predicted octanol–water partition coefficient (Wildman–Crippen LogP) is 1.97. The van der Waals surface area contributed by atoms with E-state index in [0.717, 1.165) is 6.42 Å². The number of rotatable bonds is 4. The van der Waals surface area contributed by atoms with Gasteiger partial charge in [-0.3, -0.25) is 19.2 Å². The third-order valence-electron chi connectivity index (χ3n) is 8.67. The molecule has 8 nitrogen and oxygen atoms in total. The van der Waals surface area contributed by atoms with E-state index in [-0.39, 0.29) is 43.4 Å². The van der Waals surface area contributed by atoms with Gasteiger partial charge in [-0.25, -0.2) is 0 Å². The largest absolute Gasteiger partial charge is 0.466 e. The van der Waals surface area contributed by atoms with Crippen LogP contribution < -0.4 is 0 Å². The van der Waals surface area contributed by atoms with E-state index in [1.54, 1.807) is 0 Å². The highest BCUT2D eigenvalue weighted by Crippen LogP contribution is 2.68. The maximum atomic E-state index is 13.4. The Balaban J connectivity index is 1.85. The van der Waals surface area contributed by atoms with E-state index < -0.39 is 40.3 Å². The van der Waals surface area contributed by atoms with Crippen molar-refractivity contribution in [1.29, 1.82) is 0 Å². The average molecular weight is 449 g/mol. The lowest BCUT2D eigenvalue weighted by molar-refractivity contribution is -0.235. The molecule has 0 radical (unpaired) electrons. The number of aliphatic hydroxyl groups excluding tert-OH is 1. The van der Waals surface area contributed by atoms with Crippen LogP contribution in [0.5, 0.6) is 0 Å². The van der Waals surface area contributed by atoms with Gasteiger partial charge in [-0.15, -0.1) is 0 Å². The quantitative estimate of drug-likeness (QED) is 0.300. The molecule has 2 spiro atoms. The molecule has 4 aliphatic rings. The molecule has 1 aliphatic heterocycles. The lowest BCUT2D eigenvalue weighted by atomic mass is 9.44. The van der Waals surface area contributed by atoms with Crippen LogP contribution in [0.4, 0.5) is 0 Å². The van der Waals surface area contributed by atoms with Crippen LogP contribution in [0.25, 0.3) is 0 Å². The zero-order chi connectivity index (χ0) is 23.5. The fourth-order valence-corrected chi connectivity index (χ4v) is 7.39. The molecule has 3 aliphatic carbocycles. The van der Waals surface area contributed by atoms with E-state index in [0.29, 0.717) is 31.3 Å². The number of esters is 3. The average Bonchev–Trinajstić information content (AvgIpc) is 2.91. The van der Waals surface area contributed by atoms with Crippen LogP contribution in [-0.2, 0) is 33.4 Å². The molecule has 32 heavy (non-hydrogen) atoms. The van der Waals surface area contributed by atoms with E-state index in [2.05, 4.69) is 6.58 Å². The molecular formula is C24H32O8. The summed E-state index contributed by atoms with van der Waals surface area (Å²) in [5.41, 5.74) is -2.38. The number of fused-ring (bicyclic) bond motifs is 2. The normalized spacial score (nSPS) is 42.9. The topological polar surface area (TPSA) is 116 Å². The number of aliphatic hydroxyl groups is 1. The summed E-state index contributed by atoms with van der Waals surface area (Å²) in [7, 11) is 0. The Kier molecular flexibility index (Phi) is 5.51. The van der Waals surface area contributed by atoms with Crippen LogP contribution in [0.15, 0.2) is 12.2 Å². The summed E-state index contributed by atoms with van der Waals surface area (Å²) in [5.74, 6) is -2.42. The number of hydrogen-bond donors (Lipinski definition) is 1. The molecule has 2 bridgehead atoms. The number of ketones is 1. The number of cyclic esters (lactones) is 1. The first-order valence-electron chi connectivity index (χ1n) is 11.3. The molecule has 7 atom stereocenters. The van der Waals surface area contributed by atoms with Crippen molar-refractivity contribution in [2.45, 2.75) is 59.0 Å². The van der Waals surface area contributed by atoms with Gasteiger partial charge in [0.05, 0.1) is 13.2 Å². The van der Waals surface area contributed by atoms with Crippen molar-refractivity contribution in [3.05, 3.63) is 12.2 Å². The van der Waals surface area contributed by atoms with Gasteiger partial charge in [0.1, 0.15) is 11.5 Å². The van der Waals surface area contributed by atoms with Crippen molar-refractivity contribution >= 4 is 23.7 Å². The van der Waals surface area contributed by atoms with E-state index in [1.165, 1.54) is 13.8 Å². The van der Waals surface area contributed by atoms with Crippen LogP contribution in [0.3, 0.4) is 0 Å². The molecule has 0 aromatic heterocycles. The third-order valence-corrected chi connectivity index (χ3v) is 8.67. The highest BCUT2D eigenvalue weighted by Gasteiger charge is 2.73. The smallest absolute Gasteiger partial charge is 0.320 e. The molecule has 0 aromatic rings. The lowest BCUT2D eigenvalue weighted by Gasteiger charge is -2.62. The fraction of sp³-hybridized carbons (Fsp3) is 0.750. The molecule has 0 amide bonds. The molecule has 4 fully saturated rings. The van der Waals surface area contributed by atoms with Gasteiger partial charge in [0, 0.05) is 37.2 Å². The van der Waals surface area contributed by atoms with Gasteiger partial charge in [0.2, 0.25) is 0 Å². The Morgan fingerprint density at radius 3 is 2.50 bits per heavy atom. The highest BCUT2D eigenvalue weighted by atomic mass is 16.6. The van der Waals surface area contributed by atoms with E-state index >= 15 is 0 Å². The molecule has 1 saturated heterocycles. The summed E-state index contributed by atoms with van der Waals surface area (Å²) in [6.07, 6.45) is 1.98. The van der Waals surface area contributed by atoms with Crippen LogP contribution in [0.2, 0.25) is 0 Å². The molecule has 7 unspecified atom stereocenters. The standard InChI is InChI=1S/C24H32O8/c1-13-16-5-6-18-23(12-31-21(29)24(18,7-16)20(13)28)9-17(32-15(3)27)8-22(4,11-25)19(23)10-30-14(2)26/h16-19,25H,1,5-12H2,2-4H3. The third kappa shape index (κ3) is 3.13. The van der Waals surface area contributed by atoms with Crippen molar-refractivity contribution in [2.75, 3.05) is 19.8 Å². The fourth-order valence-electron chi connectivity index (χ4n) is 7.39. The Labute approximate surface area is 187 Å². The second kappa shape index (κ2) is 7.68. The van der Waals surface area contributed by atoms with Gasteiger partial charge in [-0.05, 0) is 49.5 Å². The Bertz CT molecular complexity index is 879. The maximum Gasteiger partial charge on any atom is 0.320 e. The minimum Gasteiger partial charge on any atom is -0.466 e. The summed E-state index contributed by atoms with van der Waals surface area (Å²) in [5, 5.41) is 10.5. The van der Waals surface area contributed by atoms with Crippen molar-refractivity contribution in [3.8, 4) is 0 Å². The van der Waals surface area contributed by atoms with E-state index in [4.69, 9.17) is 14.2 Å². The molecule has 1 heterocycles. The predicted molar refractivity (Wildman–Crippen MR) is 111 cm³/mol. The Morgan fingerprint density at radius 2 is 1.88 bits per heavy atom. The van der Waals surface area contributed by atoms with Crippen molar-refractivity contribution in [3.63, 3.8) is 0 Å². The van der Waals surface area contributed by atoms with Gasteiger partial charge in [0.15, 0.2) is 5.78 Å². The number of carbonyl (C=O) groups excluding carboxylic acids is 4. The molecule has 176 valence electrons. The van der Waals surface area contributed by atoms with Crippen LogP contribution >= 0.6 is 0 Å². The molecular weight excluding hydrogens is 416 g/mol. The number of ether oxygens (including phenoxy) is 3. The summed E-state index contributed by atoms with van der Waals surface area (Å²) in [4.78, 5) is 50.1.